The third-order valence-corrected chi connectivity index (χ3v) is 2.87. The summed E-state index contributed by atoms with van der Waals surface area (Å²) in [5.41, 5.74) is 0.952. The smallest absolute Gasteiger partial charge is 0.150 e. The van der Waals surface area contributed by atoms with E-state index in [1.54, 1.807) is 0 Å². The number of nitrogens with zero attached hydrogens (tertiary/aromatic N) is 1. The van der Waals surface area contributed by atoms with E-state index in [1.165, 1.54) is 12.8 Å². The highest BCUT2D eigenvalue weighted by Crippen LogP contribution is 2.10. The number of hydrogen-bond donors (Lipinski definition) is 2. The van der Waals surface area contributed by atoms with Gasteiger partial charge in [-0.1, -0.05) is 5.16 Å². The van der Waals surface area contributed by atoms with Crippen LogP contribution in [0, 0.1) is 12.8 Å². The minimum absolute atomic E-state index is 0.796. The largest absolute Gasteiger partial charge is 0.360 e. The van der Waals surface area contributed by atoms with E-state index >= 15 is 0 Å². The predicted molar refractivity (Wildman–Crippen MR) is 58.5 cm³/mol. The van der Waals surface area contributed by atoms with Crippen LogP contribution in [0.25, 0.3) is 0 Å². The monoisotopic (exact) mass is 209 g/mol. The maximum absolute atomic E-state index is 5.13. The molecule has 1 saturated heterocycles. The Labute approximate surface area is 90.4 Å². The van der Waals surface area contributed by atoms with E-state index < -0.39 is 0 Å². The number of nitrogens with one attached hydrogen (secondary N) is 2. The Balaban J connectivity index is 1.65. The highest BCUT2D eigenvalue weighted by Gasteiger charge is 2.12. The molecule has 0 unspecified atom stereocenters. The van der Waals surface area contributed by atoms with E-state index in [1.807, 2.05) is 13.0 Å². The van der Waals surface area contributed by atoms with E-state index in [0.717, 1.165) is 43.6 Å². The highest BCUT2D eigenvalue weighted by molar-refractivity contribution is 5.02. The normalized spacial score (nSPS) is 18.2. The van der Waals surface area contributed by atoms with E-state index in [9.17, 15) is 0 Å². The van der Waals surface area contributed by atoms with Crippen molar-refractivity contribution in [2.45, 2.75) is 26.3 Å². The van der Waals surface area contributed by atoms with Gasteiger partial charge in [0.1, 0.15) is 0 Å². The number of aromatic nitrogens is 1. The van der Waals surface area contributed by atoms with Crippen LogP contribution in [0.4, 0.5) is 0 Å². The summed E-state index contributed by atoms with van der Waals surface area (Å²) in [5, 5.41) is 10.7. The van der Waals surface area contributed by atoms with Crippen molar-refractivity contribution in [2.75, 3.05) is 19.6 Å². The molecule has 1 aromatic rings. The van der Waals surface area contributed by atoms with E-state index in [4.69, 9.17) is 4.52 Å². The van der Waals surface area contributed by atoms with Gasteiger partial charge in [0, 0.05) is 6.07 Å². The molecule has 84 valence electrons. The molecule has 2 N–H and O–H groups in total. The number of rotatable bonds is 4. The molecule has 0 amide bonds. The SMILES string of the molecule is Cc1cc(CNCC2CCNCC2)on1. The first kappa shape index (κ1) is 10.6. The lowest BCUT2D eigenvalue weighted by Crippen LogP contribution is -2.33. The minimum atomic E-state index is 0.796. The Morgan fingerprint density at radius 2 is 2.33 bits per heavy atom. The molecule has 0 radical (unpaired) electrons. The molecule has 0 atom stereocenters. The quantitative estimate of drug-likeness (QED) is 0.779. The molecule has 0 saturated carbocycles. The Bertz CT molecular complexity index is 292. The molecule has 2 heterocycles. The maximum Gasteiger partial charge on any atom is 0.150 e. The van der Waals surface area contributed by atoms with Crippen molar-refractivity contribution in [2.24, 2.45) is 5.92 Å². The van der Waals surface area contributed by atoms with Crippen LogP contribution in [0.5, 0.6) is 0 Å². The van der Waals surface area contributed by atoms with Gasteiger partial charge in [0.2, 0.25) is 0 Å². The number of piperidine rings is 1. The fourth-order valence-corrected chi connectivity index (χ4v) is 1.98. The summed E-state index contributed by atoms with van der Waals surface area (Å²) < 4.78 is 5.13. The van der Waals surface area contributed by atoms with E-state index in [-0.39, 0.29) is 0 Å². The van der Waals surface area contributed by atoms with Gasteiger partial charge in [0.25, 0.3) is 0 Å². The first-order chi connectivity index (χ1) is 7.34. The molecule has 0 aliphatic carbocycles. The second kappa shape index (κ2) is 5.28. The summed E-state index contributed by atoms with van der Waals surface area (Å²) in [5.74, 6) is 1.75. The van der Waals surface area contributed by atoms with Crippen molar-refractivity contribution < 1.29 is 4.52 Å². The van der Waals surface area contributed by atoms with Crippen molar-refractivity contribution in [1.29, 1.82) is 0 Å². The first-order valence-electron chi connectivity index (χ1n) is 5.68. The Morgan fingerprint density at radius 3 is 3.00 bits per heavy atom. The molecule has 1 fully saturated rings. The van der Waals surface area contributed by atoms with Crippen LogP contribution in [0.15, 0.2) is 10.6 Å². The highest BCUT2D eigenvalue weighted by atomic mass is 16.5. The van der Waals surface area contributed by atoms with Gasteiger partial charge in [-0.3, -0.25) is 0 Å². The van der Waals surface area contributed by atoms with Crippen LogP contribution in [0.3, 0.4) is 0 Å². The predicted octanol–water partition coefficient (Wildman–Crippen LogP) is 1.07. The summed E-state index contributed by atoms with van der Waals surface area (Å²) in [6.45, 7) is 6.15. The molecular weight excluding hydrogens is 190 g/mol. The zero-order valence-electron chi connectivity index (χ0n) is 9.25. The second-order valence-corrected chi connectivity index (χ2v) is 4.26. The lowest BCUT2D eigenvalue weighted by molar-refractivity contribution is 0.335. The molecule has 0 spiro atoms. The maximum atomic E-state index is 5.13. The summed E-state index contributed by atoms with van der Waals surface area (Å²) in [4.78, 5) is 0. The van der Waals surface area contributed by atoms with Crippen LogP contribution in [0.1, 0.15) is 24.3 Å². The zero-order chi connectivity index (χ0) is 10.5. The molecule has 4 heteroatoms. The fourth-order valence-electron chi connectivity index (χ4n) is 1.98. The van der Waals surface area contributed by atoms with Crippen molar-refractivity contribution in [3.63, 3.8) is 0 Å². The van der Waals surface area contributed by atoms with Gasteiger partial charge in [-0.15, -0.1) is 0 Å². The Morgan fingerprint density at radius 1 is 1.53 bits per heavy atom. The van der Waals surface area contributed by atoms with Gasteiger partial charge in [-0.25, -0.2) is 0 Å². The van der Waals surface area contributed by atoms with Crippen molar-refractivity contribution in [1.82, 2.24) is 15.8 Å². The van der Waals surface area contributed by atoms with Crippen molar-refractivity contribution in [3.05, 3.63) is 17.5 Å². The van der Waals surface area contributed by atoms with Gasteiger partial charge in [-0.2, -0.15) is 0 Å². The molecule has 0 bridgehead atoms. The number of aryl methyl sites for hydroxylation is 1. The minimum Gasteiger partial charge on any atom is -0.360 e. The lowest BCUT2D eigenvalue weighted by atomic mass is 9.98. The van der Waals surface area contributed by atoms with Gasteiger partial charge >= 0.3 is 0 Å². The molecule has 4 nitrogen and oxygen atoms in total. The standard InChI is InChI=1S/C11H19N3O/c1-9-6-11(15-14-9)8-13-7-10-2-4-12-5-3-10/h6,10,12-13H,2-5,7-8H2,1H3. The van der Waals surface area contributed by atoms with Crippen molar-refractivity contribution >= 4 is 0 Å². The van der Waals surface area contributed by atoms with E-state index in [2.05, 4.69) is 15.8 Å². The topological polar surface area (TPSA) is 50.1 Å². The summed E-state index contributed by atoms with van der Waals surface area (Å²) >= 11 is 0. The molecular formula is C11H19N3O. The molecule has 1 aliphatic heterocycles. The fraction of sp³-hybridized carbons (Fsp3) is 0.727. The van der Waals surface area contributed by atoms with Crippen LogP contribution in [-0.2, 0) is 6.54 Å². The van der Waals surface area contributed by atoms with E-state index in [0.29, 0.717) is 0 Å². The Kier molecular flexibility index (Phi) is 3.75. The first-order valence-corrected chi connectivity index (χ1v) is 5.68. The average Bonchev–Trinajstić information content (AvgIpc) is 2.66. The number of hydrogen-bond acceptors (Lipinski definition) is 4. The van der Waals surface area contributed by atoms with Gasteiger partial charge < -0.3 is 15.2 Å². The lowest BCUT2D eigenvalue weighted by Gasteiger charge is -2.22. The summed E-state index contributed by atoms with van der Waals surface area (Å²) in [6.07, 6.45) is 2.56. The van der Waals surface area contributed by atoms with Crippen LogP contribution >= 0.6 is 0 Å². The molecule has 15 heavy (non-hydrogen) atoms. The summed E-state index contributed by atoms with van der Waals surface area (Å²) in [7, 11) is 0. The Hall–Kier alpha value is -0.870. The second-order valence-electron chi connectivity index (χ2n) is 4.26. The zero-order valence-corrected chi connectivity index (χ0v) is 9.25. The van der Waals surface area contributed by atoms with Crippen LogP contribution < -0.4 is 10.6 Å². The van der Waals surface area contributed by atoms with Crippen molar-refractivity contribution in [3.8, 4) is 0 Å². The third kappa shape index (κ3) is 3.32. The molecule has 1 aromatic heterocycles. The van der Waals surface area contributed by atoms with Crippen LogP contribution in [-0.4, -0.2) is 24.8 Å². The molecule has 0 aromatic carbocycles. The van der Waals surface area contributed by atoms with Gasteiger partial charge in [0.15, 0.2) is 5.76 Å². The third-order valence-electron chi connectivity index (χ3n) is 2.87. The molecule has 1 aliphatic rings. The summed E-state index contributed by atoms with van der Waals surface area (Å²) in [6, 6.07) is 1.98. The van der Waals surface area contributed by atoms with Crippen LogP contribution in [0.2, 0.25) is 0 Å². The van der Waals surface area contributed by atoms with Gasteiger partial charge in [-0.05, 0) is 45.3 Å². The van der Waals surface area contributed by atoms with Gasteiger partial charge in [0.05, 0.1) is 12.2 Å². The molecule has 2 rings (SSSR count). The average molecular weight is 209 g/mol.